The normalized spacial score (nSPS) is 11.4. The number of hydrogen-bond donors (Lipinski definition) is 0. The highest BCUT2D eigenvalue weighted by Crippen LogP contribution is 2.22. The lowest BCUT2D eigenvalue weighted by Gasteiger charge is -2.11. The van der Waals surface area contributed by atoms with Crippen LogP contribution >= 0.6 is 0 Å². The van der Waals surface area contributed by atoms with Crippen molar-refractivity contribution >= 4 is 0 Å². The summed E-state index contributed by atoms with van der Waals surface area (Å²) in [7, 11) is 0. The van der Waals surface area contributed by atoms with Crippen molar-refractivity contribution in [2.75, 3.05) is 0 Å². The van der Waals surface area contributed by atoms with Crippen molar-refractivity contribution in [3.8, 4) is 11.8 Å². The van der Waals surface area contributed by atoms with Crippen LogP contribution in [0, 0.1) is 23.2 Å². The number of nitrogens with zero attached hydrogens (tertiary/aromatic N) is 2. The zero-order valence-corrected chi connectivity index (χ0v) is 11.1. The quantitative estimate of drug-likeness (QED) is 0.771. The van der Waals surface area contributed by atoms with Crippen LogP contribution in [0.4, 0.5) is 0 Å². The van der Waals surface area contributed by atoms with E-state index in [-0.39, 0.29) is 0 Å². The van der Waals surface area contributed by atoms with Gasteiger partial charge in [0.2, 0.25) is 6.04 Å². The summed E-state index contributed by atoms with van der Waals surface area (Å²) in [4.78, 5) is 10.7. The Morgan fingerprint density at radius 3 is 2.55 bits per heavy atom. The van der Waals surface area contributed by atoms with E-state index in [1.54, 1.807) is 12.1 Å². The lowest BCUT2D eigenvalue weighted by Crippen LogP contribution is -2.02. The predicted molar refractivity (Wildman–Crippen MR) is 76.1 cm³/mol. The fourth-order valence-corrected chi connectivity index (χ4v) is 1.88. The molecule has 0 aliphatic rings. The third-order valence-electron chi connectivity index (χ3n) is 2.99. The van der Waals surface area contributed by atoms with E-state index in [0.29, 0.717) is 12.2 Å². The Kier molecular flexibility index (Phi) is 4.46. The highest BCUT2D eigenvalue weighted by atomic mass is 16.5. The lowest BCUT2D eigenvalue weighted by molar-refractivity contribution is 0.304. The molecule has 2 aromatic carbocycles. The van der Waals surface area contributed by atoms with Gasteiger partial charge in [-0.3, -0.25) is 0 Å². The molecule has 0 aliphatic carbocycles. The molecule has 2 aromatic rings. The summed E-state index contributed by atoms with van der Waals surface area (Å²) in [5.41, 5.74) is 2.55. The van der Waals surface area contributed by atoms with E-state index >= 15 is 0 Å². The molecule has 100 valence electrons. The minimum absolute atomic E-state index is 0.299. The summed E-state index contributed by atoms with van der Waals surface area (Å²) < 4.78 is 5.67. The minimum atomic E-state index is -0.993. The van der Waals surface area contributed by atoms with E-state index in [0.717, 1.165) is 16.9 Å². The van der Waals surface area contributed by atoms with Crippen molar-refractivity contribution in [1.82, 2.24) is 0 Å². The summed E-state index contributed by atoms with van der Waals surface area (Å²) in [6, 6.07) is 15.8. The molecule has 0 radical (unpaired) electrons. The number of aryl methyl sites for hydroxylation is 1. The smallest absolute Gasteiger partial charge is 0.203 e. The van der Waals surface area contributed by atoms with Gasteiger partial charge in [0, 0.05) is 5.56 Å². The van der Waals surface area contributed by atoms with Gasteiger partial charge in [-0.1, -0.05) is 42.0 Å². The Morgan fingerprint density at radius 2 is 1.90 bits per heavy atom. The Morgan fingerprint density at radius 1 is 1.20 bits per heavy atom. The molecule has 0 saturated carbocycles. The molecule has 4 heteroatoms. The average Bonchev–Trinajstić information content (AvgIpc) is 2.49. The molecule has 0 aliphatic heterocycles. The molecule has 0 saturated heterocycles. The summed E-state index contributed by atoms with van der Waals surface area (Å²) in [6.07, 6.45) is 0. The van der Waals surface area contributed by atoms with Gasteiger partial charge in [-0.15, -0.1) is 4.91 Å². The van der Waals surface area contributed by atoms with E-state index in [1.807, 2.05) is 49.4 Å². The fraction of sp³-hybridized carbons (Fsp3) is 0.188. The Balaban J connectivity index is 2.15. The predicted octanol–water partition coefficient (Wildman–Crippen LogP) is 3.91. The standard InChI is InChI=1S/C16H14N2O2/c1-12-6-8-14(9-7-12)20-11-13-4-2-3-5-15(13)16(10-17)18-19/h2-9,16H,11H2,1H3. The van der Waals surface area contributed by atoms with Crippen LogP contribution < -0.4 is 4.74 Å². The first-order valence-electron chi connectivity index (χ1n) is 6.24. The van der Waals surface area contributed by atoms with Gasteiger partial charge in [-0.2, -0.15) is 5.26 Å². The second-order valence-corrected chi connectivity index (χ2v) is 4.44. The Bertz CT molecular complexity index is 630. The van der Waals surface area contributed by atoms with Gasteiger partial charge in [-0.05, 0) is 29.8 Å². The van der Waals surface area contributed by atoms with E-state index in [1.165, 1.54) is 0 Å². The molecule has 0 heterocycles. The van der Waals surface area contributed by atoms with E-state index in [9.17, 15) is 4.91 Å². The molecule has 0 fully saturated rings. The van der Waals surface area contributed by atoms with Crippen molar-refractivity contribution in [3.63, 3.8) is 0 Å². The van der Waals surface area contributed by atoms with Crippen molar-refractivity contribution in [1.29, 1.82) is 5.26 Å². The molecule has 20 heavy (non-hydrogen) atoms. The summed E-state index contributed by atoms with van der Waals surface area (Å²) in [5, 5.41) is 11.8. The summed E-state index contributed by atoms with van der Waals surface area (Å²) in [6.45, 7) is 2.30. The van der Waals surface area contributed by atoms with Crippen molar-refractivity contribution in [2.24, 2.45) is 5.18 Å². The molecule has 1 unspecified atom stereocenters. The highest BCUT2D eigenvalue weighted by molar-refractivity contribution is 5.34. The number of rotatable bonds is 5. The number of nitroso groups, excluding NO2 is 1. The average molecular weight is 266 g/mol. The zero-order valence-electron chi connectivity index (χ0n) is 11.1. The van der Waals surface area contributed by atoms with Crippen molar-refractivity contribution in [2.45, 2.75) is 19.6 Å². The first-order valence-corrected chi connectivity index (χ1v) is 6.24. The van der Waals surface area contributed by atoms with Crippen molar-refractivity contribution in [3.05, 3.63) is 70.1 Å². The van der Waals surface area contributed by atoms with Crippen LogP contribution in [-0.4, -0.2) is 0 Å². The van der Waals surface area contributed by atoms with Gasteiger partial charge in [0.05, 0.1) is 6.07 Å². The highest BCUT2D eigenvalue weighted by Gasteiger charge is 2.14. The summed E-state index contributed by atoms with van der Waals surface area (Å²) >= 11 is 0. The van der Waals surface area contributed by atoms with Crippen LogP contribution in [0.15, 0.2) is 53.7 Å². The topological polar surface area (TPSA) is 62.4 Å². The maximum Gasteiger partial charge on any atom is 0.203 e. The zero-order chi connectivity index (χ0) is 14.4. The van der Waals surface area contributed by atoms with Gasteiger partial charge >= 0.3 is 0 Å². The first kappa shape index (κ1) is 13.8. The number of ether oxygens (including phenoxy) is 1. The molecular formula is C16H14N2O2. The second kappa shape index (κ2) is 6.48. The third kappa shape index (κ3) is 3.21. The van der Waals surface area contributed by atoms with Crippen molar-refractivity contribution < 1.29 is 4.74 Å². The number of nitriles is 1. The van der Waals surface area contributed by atoms with Crippen LogP contribution in [0.25, 0.3) is 0 Å². The molecule has 0 N–H and O–H groups in total. The molecule has 1 atom stereocenters. The molecule has 0 aromatic heterocycles. The van der Waals surface area contributed by atoms with Gasteiger partial charge in [-0.25, -0.2) is 0 Å². The fourth-order valence-electron chi connectivity index (χ4n) is 1.88. The van der Waals surface area contributed by atoms with E-state index in [2.05, 4.69) is 5.18 Å². The van der Waals surface area contributed by atoms with Crippen LogP contribution in [0.1, 0.15) is 22.7 Å². The Hall–Kier alpha value is -2.67. The Labute approximate surface area is 117 Å². The SMILES string of the molecule is Cc1ccc(OCc2ccccc2C(C#N)N=O)cc1. The van der Waals surface area contributed by atoms with Gasteiger partial charge in [0.25, 0.3) is 0 Å². The first-order chi connectivity index (χ1) is 9.74. The minimum Gasteiger partial charge on any atom is -0.489 e. The molecule has 0 spiro atoms. The van der Waals surface area contributed by atoms with Crippen LogP contribution in [0.2, 0.25) is 0 Å². The molecule has 4 nitrogen and oxygen atoms in total. The summed E-state index contributed by atoms with van der Waals surface area (Å²) in [5.74, 6) is 0.748. The molecule has 0 bridgehead atoms. The largest absolute Gasteiger partial charge is 0.489 e. The third-order valence-corrected chi connectivity index (χ3v) is 2.99. The van der Waals surface area contributed by atoms with Crippen LogP contribution in [0.5, 0.6) is 5.75 Å². The van der Waals surface area contributed by atoms with Crippen LogP contribution in [0.3, 0.4) is 0 Å². The van der Waals surface area contributed by atoms with Gasteiger partial charge < -0.3 is 4.74 Å². The monoisotopic (exact) mass is 266 g/mol. The van der Waals surface area contributed by atoms with Gasteiger partial charge in [0.15, 0.2) is 0 Å². The van der Waals surface area contributed by atoms with Gasteiger partial charge in [0.1, 0.15) is 12.4 Å². The molecule has 0 amide bonds. The number of hydrogen-bond acceptors (Lipinski definition) is 4. The van der Waals surface area contributed by atoms with E-state index in [4.69, 9.17) is 10.00 Å². The maximum atomic E-state index is 10.7. The second-order valence-electron chi connectivity index (χ2n) is 4.44. The molecular weight excluding hydrogens is 252 g/mol. The number of benzene rings is 2. The molecule has 2 rings (SSSR count). The lowest BCUT2D eigenvalue weighted by atomic mass is 10.0. The van der Waals surface area contributed by atoms with E-state index < -0.39 is 6.04 Å². The van der Waals surface area contributed by atoms with Crippen LogP contribution in [-0.2, 0) is 6.61 Å². The maximum absolute atomic E-state index is 10.7.